The van der Waals surface area contributed by atoms with Crippen molar-refractivity contribution in [2.45, 2.75) is 38.6 Å². The lowest BCUT2D eigenvalue weighted by molar-refractivity contribution is 0.0750. The van der Waals surface area contributed by atoms with Gasteiger partial charge in [0, 0.05) is 37.9 Å². The SMILES string of the molecule is Cc1ncsc1C(=O)N1CCN(c2ccc3c(=O)n(C4CCCC4)cnc3c2)CC1. The molecule has 2 aromatic heterocycles. The molecule has 5 rings (SSSR count). The Morgan fingerprint density at radius 2 is 1.87 bits per heavy atom. The number of rotatable bonds is 3. The van der Waals surface area contributed by atoms with Crippen LogP contribution in [-0.4, -0.2) is 51.5 Å². The summed E-state index contributed by atoms with van der Waals surface area (Å²) in [6, 6.07) is 6.21. The molecular weight excluding hydrogens is 398 g/mol. The van der Waals surface area contributed by atoms with E-state index in [0.29, 0.717) is 24.5 Å². The Kier molecular flexibility index (Phi) is 5.02. The maximum Gasteiger partial charge on any atom is 0.265 e. The van der Waals surface area contributed by atoms with Gasteiger partial charge in [0.25, 0.3) is 11.5 Å². The van der Waals surface area contributed by atoms with Gasteiger partial charge in [-0.25, -0.2) is 9.97 Å². The van der Waals surface area contributed by atoms with Gasteiger partial charge in [0.1, 0.15) is 4.88 Å². The van der Waals surface area contributed by atoms with E-state index in [0.717, 1.165) is 47.7 Å². The van der Waals surface area contributed by atoms with E-state index in [1.54, 1.807) is 11.8 Å². The fourth-order valence-corrected chi connectivity index (χ4v) is 5.35. The first-order chi connectivity index (χ1) is 14.6. The maximum atomic E-state index is 12.9. The highest BCUT2D eigenvalue weighted by atomic mass is 32.1. The third-order valence-electron chi connectivity index (χ3n) is 6.36. The van der Waals surface area contributed by atoms with E-state index in [-0.39, 0.29) is 11.5 Å². The van der Waals surface area contributed by atoms with E-state index in [9.17, 15) is 9.59 Å². The molecular formula is C22H25N5O2S. The van der Waals surface area contributed by atoms with Gasteiger partial charge in [-0.05, 0) is 38.0 Å². The molecule has 0 spiro atoms. The third-order valence-corrected chi connectivity index (χ3v) is 7.27. The minimum absolute atomic E-state index is 0.0637. The highest BCUT2D eigenvalue weighted by Crippen LogP contribution is 2.29. The molecule has 2 aliphatic rings. The molecule has 0 unspecified atom stereocenters. The fourth-order valence-electron chi connectivity index (χ4n) is 4.58. The van der Waals surface area contributed by atoms with Gasteiger partial charge in [-0.2, -0.15) is 0 Å². The molecule has 156 valence electrons. The standard InChI is InChI=1S/C22H25N5O2S/c1-15-20(30-14-24-15)22(29)26-10-8-25(9-11-26)17-6-7-18-19(12-17)23-13-27(21(18)28)16-4-2-3-5-16/h6-7,12-14,16H,2-5,8-11H2,1H3. The largest absolute Gasteiger partial charge is 0.368 e. The minimum Gasteiger partial charge on any atom is -0.368 e. The zero-order valence-corrected chi connectivity index (χ0v) is 17.9. The second kappa shape index (κ2) is 7.83. The molecule has 1 aliphatic carbocycles. The van der Waals surface area contributed by atoms with Gasteiger partial charge in [-0.3, -0.25) is 14.2 Å². The number of amides is 1. The molecule has 0 bridgehead atoms. The average molecular weight is 424 g/mol. The van der Waals surface area contributed by atoms with Crippen LogP contribution in [0.15, 0.2) is 34.8 Å². The molecule has 3 heterocycles. The lowest BCUT2D eigenvalue weighted by atomic mass is 10.1. The molecule has 1 saturated heterocycles. The van der Waals surface area contributed by atoms with Crippen LogP contribution in [0.3, 0.4) is 0 Å². The van der Waals surface area contributed by atoms with E-state index < -0.39 is 0 Å². The first-order valence-corrected chi connectivity index (χ1v) is 11.4. The van der Waals surface area contributed by atoms with E-state index in [2.05, 4.69) is 14.9 Å². The number of anilines is 1. The monoisotopic (exact) mass is 423 g/mol. The van der Waals surface area contributed by atoms with Gasteiger partial charge in [-0.1, -0.05) is 12.8 Å². The van der Waals surface area contributed by atoms with Crippen LogP contribution in [0.25, 0.3) is 10.9 Å². The normalized spacial score (nSPS) is 17.8. The van der Waals surface area contributed by atoms with Gasteiger partial charge in [0.15, 0.2) is 0 Å². The Labute approximate surface area is 179 Å². The first kappa shape index (κ1) is 19.2. The molecule has 3 aromatic rings. The summed E-state index contributed by atoms with van der Waals surface area (Å²) >= 11 is 1.41. The van der Waals surface area contributed by atoms with Crippen molar-refractivity contribution in [3.05, 3.63) is 51.0 Å². The third kappa shape index (κ3) is 3.39. The summed E-state index contributed by atoms with van der Waals surface area (Å²) in [6.07, 6.45) is 6.22. The molecule has 2 fully saturated rings. The van der Waals surface area contributed by atoms with Gasteiger partial charge in [-0.15, -0.1) is 11.3 Å². The van der Waals surface area contributed by atoms with Crippen molar-refractivity contribution in [1.29, 1.82) is 0 Å². The van der Waals surface area contributed by atoms with Crippen LogP contribution in [0.1, 0.15) is 47.1 Å². The summed E-state index contributed by atoms with van der Waals surface area (Å²) < 4.78 is 1.82. The van der Waals surface area contributed by atoms with Crippen molar-refractivity contribution in [2.24, 2.45) is 0 Å². The highest BCUT2D eigenvalue weighted by molar-refractivity contribution is 7.11. The number of benzene rings is 1. The summed E-state index contributed by atoms with van der Waals surface area (Å²) in [6.45, 7) is 4.74. The van der Waals surface area contributed by atoms with Crippen molar-refractivity contribution in [2.75, 3.05) is 31.1 Å². The smallest absolute Gasteiger partial charge is 0.265 e. The van der Waals surface area contributed by atoms with Crippen molar-refractivity contribution in [3.8, 4) is 0 Å². The van der Waals surface area contributed by atoms with Crippen LogP contribution in [-0.2, 0) is 0 Å². The minimum atomic E-state index is 0.0637. The molecule has 7 nitrogen and oxygen atoms in total. The second-order valence-corrected chi connectivity index (χ2v) is 9.00. The predicted octanol–water partition coefficient (Wildman–Crippen LogP) is 3.24. The molecule has 0 atom stereocenters. The Bertz CT molecular complexity index is 1140. The molecule has 1 aliphatic heterocycles. The van der Waals surface area contributed by atoms with Crippen molar-refractivity contribution >= 4 is 33.8 Å². The van der Waals surface area contributed by atoms with Gasteiger partial charge < -0.3 is 9.80 Å². The van der Waals surface area contributed by atoms with Crippen LogP contribution in [0.4, 0.5) is 5.69 Å². The van der Waals surface area contributed by atoms with Crippen molar-refractivity contribution in [3.63, 3.8) is 0 Å². The van der Waals surface area contributed by atoms with Gasteiger partial charge in [0.05, 0.1) is 28.4 Å². The number of carbonyl (C=O) groups excluding carboxylic acids is 1. The quantitative estimate of drug-likeness (QED) is 0.647. The van der Waals surface area contributed by atoms with E-state index >= 15 is 0 Å². The van der Waals surface area contributed by atoms with Gasteiger partial charge in [0.2, 0.25) is 0 Å². The topological polar surface area (TPSA) is 71.3 Å². The molecule has 0 radical (unpaired) electrons. The van der Waals surface area contributed by atoms with E-state index in [4.69, 9.17) is 0 Å². The molecule has 30 heavy (non-hydrogen) atoms. The Morgan fingerprint density at radius 1 is 1.10 bits per heavy atom. The average Bonchev–Trinajstić information content (AvgIpc) is 3.45. The lowest BCUT2D eigenvalue weighted by Crippen LogP contribution is -2.48. The highest BCUT2D eigenvalue weighted by Gasteiger charge is 2.25. The van der Waals surface area contributed by atoms with E-state index in [1.165, 1.54) is 24.2 Å². The molecule has 0 N–H and O–H groups in total. The van der Waals surface area contributed by atoms with Crippen molar-refractivity contribution < 1.29 is 4.79 Å². The number of aryl methyl sites for hydroxylation is 1. The van der Waals surface area contributed by atoms with Gasteiger partial charge >= 0.3 is 0 Å². The summed E-state index contributed by atoms with van der Waals surface area (Å²) in [5, 5.41) is 0.683. The zero-order valence-electron chi connectivity index (χ0n) is 17.1. The number of nitrogens with zero attached hydrogens (tertiary/aromatic N) is 5. The maximum absolute atomic E-state index is 12.9. The lowest BCUT2D eigenvalue weighted by Gasteiger charge is -2.36. The number of fused-ring (bicyclic) bond motifs is 1. The number of piperazine rings is 1. The van der Waals surface area contributed by atoms with E-state index in [1.807, 2.05) is 34.6 Å². The number of hydrogen-bond donors (Lipinski definition) is 0. The molecule has 1 aromatic carbocycles. The van der Waals surface area contributed by atoms with Crippen LogP contribution in [0, 0.1) is 6.92 Å². The Morgan fingerprint density at radius 3 is 2.57 bits per heavy atom. The van der Waals surface area contributed by atoms with Crippen LogP contribution in [0.5, 0.6) is 0 Å². The Balaban J connectivity index is 1.32. The van der Waals surface area contributed by atoms with Crippen LogP contribution in [0.2, 0.25) is 0 Å². The first-order valence-electron chi connectivity index (χ1n) is 10.6. The number of aromatic nitrogens is 3. The summed E-state index contributed by atoms with van der Waals surface area (Å²) in [5.41, 5.74) is 4.38. The van der Waals surface area contributed by atoms with Crippen LogP contribution < -0.4 is 10.5 Å². The number of hydrogen-bond acceptors (Lipinski definition) is 6. The number of carbonyl (C=O) groups is 1. The Hall–Kier alpha value is -2.74. The summed E-state index contributed by atoms with van der Waals surface area (Å²) in [7, 11) is 0. The molecule has 1 saturated carbocycles. The molecule has 8 heteroatoms. The zero-order chi connectivity index (χ0) is 20.7. The van der Waals surface area contributed by atoms with Crippen molar-refractivity contribution in [1.82, 2.24) is 19.4 Å². The second-order valence-electron chi connectivity index (χ2n) is 8.14. The number of thiazole rings is 1. The molecule has 1 amide bonds. The summed E-state index contributed by atoms with van der Waals surface area (Å²) in [5.74, 6) is 0.0716. The predicted molar refractivity (Wildman–Crippen MR) is 118 cm³/mol. The van der Waals surface area contributed by atoms with Crippen LogP contribution >= 0.6 is 11.3 Å². The summed E-state index contributed by atoms with van der Waals surface area (Å²) in [4.78, 5) is 39.3. The fraction of sp³-hybridized carbons (Fsp3) is 0.455.